The lowest BCUT2D eigenvalue weighted by Gasteiger charge is -2.34. The van der Waals surface area contributed by atoms with Gasteiger partial charge in [0.1, 0.15) is 5.69 Å². The maximum atomic E-state index is 12.6. The zero-order valence-corrected chi connectivity index (χ0v) is 12.5. The number of aromatic nitrogens is 1. The molecule has 0 aliphatic carbocycles. The number of carbonyl (C=O) groups excluding carboxylic acids is 1. The highest BCUT2D eigenvalue weighted by molar-refractivity contribution is 5.94. The minimum absolute atomic E-state index is 0.0342. The predicted octanol–water partition coefficient (Wildman–Crippen LogP) is 0.560. The van der Waals surface area contributed by atoms with Gasteiger partial charge in [-0.05, 0) is 25.1 Å². The number of hydrogen-bond donors (Lipinski definition) is 1. The molecule has 0 bridgehead atoms. The molecule has 112 valence electrons. The van der Waals surface area contributed by atoms with Crippen molar-refractivity contribution >= 4 is 5.91 Å². The van der Waals surface area contributed by atoms with Crippen LogP contribution in [-0.4, -0.2) is 60.0 Å². The first kappa shape index (κ1) is 15.5. The molecule has 1 saturated heterocycles. The normalized spacial score (nSPS) is 15.4. The molecule has 0 atom stereocenters. The molecule has 0 radical (unpaired) electrons. The van der Waals surface area contributed by atoms with Gasteiger partial charge in [0, 0.05) is 32.4 Å². The highest BCUT2D eigenvalue weighted by Crippen LogP contribution is 2.11. The zero-order chi connectivity index (χ0) is 15.1. The number of carbonyl (C=O) groups is 1. The zero-order valence-electron chi connectivity index (χ0n) is 12.5. The Morgan fingerprint density at radius 2 is 2.14 bits per heavy atom. The van der Waals surface area contributed by atoms with E-state index in [2.05, 4.69) is 28.6 Å². The van der Waals surface area contributed by atoms with E-state index in [1.165, 1.54) is 0 Å². The molecule has 0 saturated carbocycles. The SMILES string of the molecule is CCCN1CCN(C(=O)c2ncccc2C#CCN)CC1. The lowest BCUT2D eigenvalue weighted by atomic mass is 10.1. The van der Waals surface area contributed by atoms with Gasteiger partial charge in [0.05, 0.1) is 12.1 Å². The smallest absolute Gasteiger partial charge is 0.273 e. The number of amides is 1. The van der Waals surface area contributed by atoms with Crippen molar-refractivity contribution in [2.75, 3.05) is 39.3 Å². The summed E-state index contributed by atoms with van der Waals surface area (Å²) in [4.78, 5) is 21.1. The van der Waals surface area contributed by atoms with E-state index < -0.39 is 0 Å². The van der Waals surface area contributed by atoms with Gasteiger partial charge in [-0.3, -0.25) is 9.69 Å². The molecule has 0 spiro atoms. The Labute approximate surface area is 126 Å². The van der Waals surface area contributed by atoms with Crippen LogP contribution in [0.5, 0.6) is 0 Å². The molecule has 0 unspecified atom stereocenters. The van der Waals surface area contributed by atoms with Crippen LogP contribution >= 0.6 is 0 Å². The van der Waals surface area contributed by atoms with E-state index in [9.17, 15) is 4.79 Å². The van der Waals surface area contributed by atoms with Crippen LogP contribution in [0.4, 0.5) is 0 Å². The molecule has 1 amide bonds. The summed E-state index contributed by atoms with van der Waals surface area (Å²) in [5.74, 6) is 5.68. The summed E-state index contributed by atoms with van der Waals surface area (Å²) in [5.41, 5.74) is 6.48. The van der Waals surface area contributed by atoms with Gasteiger partial charge in [-0.25, -0.2) is 4.98 Å². The van der Waals surface area contributed by atoms with E-state index >= 15 is 0 Å². The Balaban J connectivity index is 2.07. The first-order valence-electron chi connectivity index (χ1n) is 7.41. The molecular weight excluding hydrogens is 264 g/mol. The van der Waals surface area contributed by atoms with E-state index in [1.807, 2.05) is 11.0 Å². The summed E-state index contributed by atoms with van der Waals surface area (Å²) in [7, 11) is 0. The van der Waals surface area contributed by atoms with Gasteiger partial charge in [0.2, 0.25) is 0 Å². The van der Waals surface area contributed by atoms with Gasteiger partial charge >= 0.3 is 0 Å². The van der Waals surface area contributed by atoms with E-state index in [0.717, 1.165) is 39.1 Å². The summed E-state index contributed by atoms with van der Waals surface area (Å²) in [6.45, 7) is 6.90. The number of nitrogens with two attached hydrogens (primary N) is 1. The van der Waals surface area contributed by atoms with Crippen molar-refractivity contribution in [3.05, 3.63) is 29.6 Å². The van der Waals surface area contributed by atoms with Crippen molar-refractivity contribution in [2.24, 2.45) is 5.73 Å². The second kappa shape index (κ2) is 7.77. The number of hydrogen-bond acceptors (Lipinski definition) is 4. The van der Waals surface area contributed by atoms with E-state index in [4.69, 9.17) is 5.73 Å². The highest BCUT2D eigenvalue weighted by atomic mass is 16.2. The van der Waals surface area contributed by atoms with Crippen molar-refractivity contribution in [3.63, 3.8) is 0 Å². The quantitative estimate of drug-likeness (QED) is 0.825. The molecule has 21 heavy (non-hydrogen) atoms. The lowest BCUT2D eigenvalue weighted by Crippen LogP contribution is -2.49. The molecule has 1 aromatic rings. The lowest BCUT2D eigenvalue weighted by molar-refractivity contribution is 0.0631. The second-order valence-corrected chi connectivity index (χ2v) is 5.04. The van der Waals surface area contributed by atoms with Gasteiger partial charge < -0.3 is 10.6 Å². The second-order valence-electron chi connectivity index (χ2n) is 5.04. The average Bonchev–Trinajstić information content (AvgIpc) is 2.53. The van der Waals surface area contributed by atoms with Crippen molar-refractivity contribution in [1.82, 2.24) is 14.8 Å². The van der Waals surface area contributed by atoms with Crippen molar-refractivity contribution in [3.8, 4) is 11.8 Å². The Bertz CT molecular complexity index is 539. The number of pyridine rings is 1. The average molecular weight is 286 g/mol. The minimum Gasteiger partial charge on any atom is -0.335 e. The maximum Gasteiger partial charge on any atom is 0.273 e. The highest BCUT2D eigenvalue weighted by Gasteiger charge is 2.23. The molecule has 2 N–H and O–H groups in total. The fraction of sp³-hybridized carbons (Fsp3) is 0.500. The van der Waals surface area contributed by atoms with Crippen molar-refractivity contribution < 1.29 is 4.79 Å². The topological polar surface area (TPSA) is 62.5 Å². The van der Waals surface area contributed by atoms with Crippen LogP contribution < -0.4 is 5.73 Å². The third-order valence-electron chi connectivity index (χ3n) is 3.53. The monoisotopic (exact) mass is 286 g/mol. The Morgan fingerprint density at radius 3 is 2.81 bits per heavy atom. The van der Waals surface area contributed by atoms with Crippen LogP contribution in [0.25, 0.3) is 0 Å². The van der Waals surface area contributed by atoms with Crippen LogP contribution in [0.3, 0.4) is 0 Å². The fourth-order valence-electron chi connectivity index (χ4n) is 2.46. The van der Waals surface area contributed by atoms with Crippen LogP contribution in [0, 0.1) is 11.8 Å². The summed E-state index contributed by atoms with van der Waals surface area (Å²) in [6.07, 6.45) is 2.78. The molecule has 2 heterocycles. The van der Waals surface area contributed by atoms with Crippen LogP contribution in [-0.2, 0) is 0 Å². The molecule has 1 aromatic heterocycles. The summed E-state index contributed by atoms with van der Waals surface area (Å²) >= 11 is 0. The van der Waals surface area contributed by atoms with Crippen molar-refractivity contribution in [2.45, 2.75) is 13.3 Å². The fourth-order valence-corrected chi connectivity index (χ4v) is 2.46. The van der Waals surface area contributed by atoms with E-state index in [0.29, 0.717) is 11.3 Å². The molecule has 5 nitrogen and oxygen atoms in total. The number of nitrogens with zero attached hydrogens (tertiary/aromatic N) is 3. The van der Waals surface area contributed by atoms with Gasteiger partial charge in [-0.2, -0.15) is 0 Å². The molecular formula is C16H22N4O. The summed E-state index contributed by atoms with van der Waals surface area (Å²) in [6, 6.07) is 3.60. The first-order chi connectivity index (χ1) is 10.3. The standard InChI is InChI=1S/C16H22N4O/c1-2-9-19-10-12-20(13-11-19)16(21)15-14(5-3-7-17)6-4-8-18-15/h4,6,8H,2,7,9-13,17H2,1H3. The van der Waals surface area contributed by atoms with Crippen LogP contribution in [0.2, 0.25) is 0 Å². The van der Waals surface area contributed by atoms with Gasteiger partial charge in [0.25, 0.3) is 5.91 Å². The maximum absolute atomic E-state index is 12.6. The van der Waals surface area contributed by atoms with Crippen LogP contribution in [0.15, 0.2) is 18.3 Å². The summed E-state index contributed by atoms with van der Waals surface area (Å²) < 4.78 is 0. The van der Waals surface area contributed by atoms with Gasteiger partial charge in [0.15, 0.2) is 0 Å². The number of piperazine rings is 1. The van der Waals surface area contributed by atoms with E-state index in [1.54, 1.807) is 12.3 Å². The molecule has 0 aromatic carbocycles. The molecule has 2 rings (SSSR count). The van der Waals surface area contributed by atoms with Gasteiger partial charge in [-0.1, -0.05) is 18.8 Å². The largest absolute Gasteiger partial charge is 0.335 e. The molecule has 1 fully saturated rings. The first-order valence-corrected chi connectivity index (χ1v) is 7.41. The third kappa shape index (κ3) is 4.03. The molecule has 1 aliphatic heterocycles. The van der Waals surface area contributed by atoms with Crippen molar-refractivity contribution in [1.29, 1.82) is 0 Å². The van der Waals surface area contributed by atoms with Crippen LogP contribution in [0.1, 0.15) is 29.4 Å². The predicted molar refractivity (Wildman–Crippen MR) is 82.8 cm³/mol. The molecule has 5 heteroatoms. The van der Waals surface area contributed by atoms with E-state index in [-0.39, 0.29) is 12.5 Å². The number of rotatable bonds is 3. The Morgan fingerprint density at radius 1 is 1.38 bits per heavy atom. The Kier molecular flexibility index (Phi) is 5.73. The third-order valence-corrected chi connectivity index (χ3v) is 3.53. The summed E-state index contributed by atoms with van der Waals surface area (Å²) in [5, 5.41) is 0. The molecule has 1 aliphatic rings. The van der Waals surface area contributed by atoms with Gasteiger partial charge in [-0.15, -0.1) is 0 Å². The minimum atomic E-state index is -0.0342. The Hall–Kier alpha value is -1.90.